The lowest BCUT2D eigenvalue weighted by Gasteiger charge is -2.12. The standard InChI is InChI=1S/C21H27N2O3/c1-4-21-22(5-2)19-8-6-7-9-20(19)23(21)14-16(24)15-26-18-12-10-17(25-3)11-13-18/h6-13,16,24H,4-5,14-15H2,1-3H3/q+1/t16-/m1/s1. The van der Waals surface area contributed by atoms with Crippen LogP contribution >= 0.6 is 0 Å². The highest BCUT2D eigenvalue weighted by Crippen LogP contribution is 2.18. The highest BCUT2D eigenvalue weighted by atomic mass is 16.5. The second-order valence-electron chi connectivity index (χ2n) is 6.25. The van der Waals surface area contributed by atoms with Crippen LogP contribution in [0.25, 0.3) is 11.0 Å². The number of benzene rings is 2. The van der Waals surface area contributed by atoms with Crippen LogP contribution in [0.3, 0.4) is 0 Å². The van der Waals surface area contributed by atoms with Crippen molar-refractivity contribution < 1.29 is 19.1 Å². The van der Waals surface area contributed by atoms with Crippen LogP contribution in [-0.2, 0) is 19.5 Å². The number of para-hydroxylation sites is 2. The van der Waals surface area contributed by atoms with Gasteiger partial charge in [0, 0.05) is 6.42 Å². The fourth-order valence-electron chi connectivity index (χ4n) is 3.41. The van der Waals surface area contributed by atoms with Gasteiger partial charge in [-0.05, 0) is 43.3 Å². The zero-order chi connectivity index (χ0) is 18.5. The van der Waals surface area contributed by atoms with E-state index in [0.29, 0.717) is 6.54 Å². The Hall–Kier alpha value is -2.53. The molecule has 1 atom stereocenters. The van der Waals surface area contributed by atoms with Gasteiger partial charge in [0.25, 0.3) is 5.82 Å². The number of aryl methyl sites for hydroxylation is 1. The first-order chi connectivity index (χ1) is 12.7. The van der Waals surface area contributed by atoms with Gasteiger partial charge in [-0.1, -0.05) is 19.1 Å². The molecule has 1 heterocycles. The fourth-order valence-corrected chi connectivity index (χ4v) is 3.41. The molecule has 0 aliphatic rings. The summed E-state index contributed by atoms with van der Waals surface area (Å²) < 4.78 is 15.4. The van der Waals surface area contributed by atoms with E-state index in [1.165, 1.54) is 11.3 Å². The van der Waals surface area contributed by atoms with Gasteiger partial charge >= 0.3 is 0 Å². The molecule has 1 N–H and O–H groups in total. The predicted molar refractivity (Wildman–Crippen MR) is 102 cm³/mol. The van der Waals surface area contributed by atoms with E-state index in [4.69, 9.17) is 9.47 Å². The number of aliphatic hydroxyl groups is 1. The molecule has 0 spiro atoms. The second-order valence-corrected chi connectivity index (χ2v) is 6.25. The Kier molecular flexibility index (Phi) is 5.78. The van der Waals surface area contributed by atoms with Gasteiger partial charge in [0.1, 0.15) is 30.8 Å². The summed E-state index contributed by atoms with van der Waals surface area (Å²) in [5.74, 6) is 2.73. The number of rotatable bonds is 8. The lowest BCUT2D eigenvalue weighted by Crippen LogP contribution is -2.44. The van der Waals surface area contributed by atoms with Crippen LogP contribution in [0, 0.1) is 0 Å². The first-order valence-corrected chi connectivity index (χ1v) is 9.12. The van der Waals surface area contributed by atoms with E-state index in [1.54, 1.807) is 7.11 Å². The molecule has 26 heavy (non-hydrogen) atoms. The maximum atomic E-state index is 10.5. The first-order valence-electron chi connectivity index (χ1n) is 9.12. The summed E-state index contributed by atoms with van der Waals surface area (Å²) >= 11 is 0. The summed E-state index contributed by atoms with van der Waals surface area (Å²) in [6.45, 7) is 5.96. The highest BCUT2D eigenvalue weighted by Gasteiger charge is 2.24. The number of hydrogen-bond acceptors (Lipinski definition) is 3. The molecule has 1 aromatic heterocycles. The minimum Gasteiger partial charge on any atom is -0.497 e. The molecule has 2 aromatic carbocycles. The van der Waals surface area contributed by atoms with Crippen molar-refractivity contribution in [2.45, 2.75) is 39.5 Å². The summed E-state index contributed by atoms with van der Waals surface area (Å²) in [7, 11) is 1.63. The summed E-state index contributed by atoms with van der Waals surface area (Å²) in [5, 5.41) is 10.5. The largest absolute Gasteiger partial charge is 0.497 e. The Bertz CT molecular complexity index is 856. The van der Waals surface area contributed by atoms with E-state index in [1.807, 2.05) is 30.3 Å². The maximum absolute atomic E-state index is 10.5. The number of hydrogen-bond donors (Lipinski definition) is 1. The van der Waals surface area contributed by atoms with Gasteiger partial charge in [-0.15, -0.1) is 0 Å². The summed E-state index contributed by atoms with van der Waals surface area (Å²) in [4.78, 5) is 0. The molecule has 0 amide bonds. The van der Waals surface area contributed by atoms with Gasteiger partial charge in [0.05, 0.1) is 13.7 Å². The average molecular weight is 355 g/mol. The van der Waals surface area contributed by atoms with Gasteiger partial charge in [-0.3, -0.25) is 0 Å². The molecule has 3 rings (SSSR count). The van der Waals surface area contributed by atoms with E-state index >= 15 is 0 Å². The summed E-state index contributed by atoms with van der Waals surface area (Å²) in [6.07, 6.45) is 0.317. The van der Waals surface area contributed by atoms with E-state index in [9.17, 15) is 5.11 Å². The smallest absolute Gasteiger partial charge is 0.257 e. The number of imidazole rings is 1. The van der Waals surface area contributed by atoms with E-state index < -0.39 is 6.10 Å². The van der Waals surface area contributed by atoms with Crippen molar-refractivity contribution in [3.05, 3.63) is 54.4 Å². The molecule has 5 nitrogen and oxygen atoms in total. The van der Waals surface area contributed by atoms with Crippen molar-refractivity contribution in [3.63, 3.8) is 0 Å². The monoisotopic (exact) mass is 355 g/mol. The van der Waals surface area contributed by atoms with Gasteiger partial charge in [0.2, 0.25) is 0 Å². The average Bonchev–Trinajstić information content (AvgIpc) is 2.99. The molecule has 0 saturated heterocycles. The van der Waals surface area contributed by atoms with Crippen LogP contribution in [0.15, 0.2) is 48.5 Å². The molecule has 0 saturated carbocycles. The van der Waals surface area contributed by atoms with Crippen molar-refractivity contribution >= 4 is 11.0 Å². The Labute approximate surface area is 154 Å². The Morgan fingerprint density at radius 1 is 1.04 bits per heavy atom. The molecule has 5 heteroatoms. The van der Waals surface area contributed by atoms with Gasteiger partial charge in [-0.2, -0.15) is 0 Å². The molecule has 0 aliphatic heterocycles. The SMILES string of the molecule is CCc1n(CC)c2ccccc2[n+]1C[C@@H](O)COc1ccc(OC)cc1. The van der Waals surface area contributed by atoms with Crippen molar-refractivity contribution in [3.8, 4) is 11.5 Å². The van der Waals surface area contributed by atoms with Crippen LogP contribution < -0.4 is 14.0 Å². The lowest BCUT2D eigenvalue weighted by molar-refractivity contribution is -0.686. The molecule has 0 radical (unpaired) electrons. The van der Waals surface area contributed by atoms with Crippen LogP contribution in [-0.4, -0.2) is 29.5 Å². The lowest BCUT2D eigenvalue weighted by atomic mass is 10.3. The second kappa shape index (κ2) is 8.23. The Balaban J connectivity index is 1.75. The van der Waals surface area contributed by atoms with Gasteiger partial charge in [0.15, 0.2) is 11.0 Å². The maximum Gasteiger partial charge on any atom is 0.257 e. The molecule has 3 aromatic rings. The number of nitrogens with zero attached hydrogens (tertiary/aromatic N) is 2. The van der Waals surface area contributed by atoms with Crippen LogP contribution in [0.1, 0.15) is 19.7 Å². The minimum atomic E-state index is -0.594. The molecule has 138 valence electrons. The first kappa shape index (κ1) is 18.3. The molecule has 0 fully saturated rings. The highest BCUT2D eigenvalue weighted by molar-refractivity contribution is 5.72. The van der Waals surface area contributed by atoms with Crippen LogP contribution in [0.2, 0.25) is 0 Å². The van der Waals surface area contributed by atoms with Crippen molar-refractivity contribution in [2.75, 3.05) is 13.7 Å². The van der Waals surface area contributed by atoms with Crippen molar-refractivity contribution in [1.82, 2.24) is 4.57 Å². The van der Waals surface area contributed by atoms with Crippen LogP contribution in [0.5, 0.6) is 11.5 Å². The van der Waals surface area contributed by atoms with Crippen molar-refractivity contribution in [2.24, 2.45) is 0 Å². The van der Waals surface area contributed by atoms with Gasteiger partial charge < -0.3 is 14.6 Å². The molecule has 0 bridgehead atoms. The van der Waals surface area contributed by atoms with Crippen molar-refractivity contribution in [1.29, 1.82) is 0 Å². The quantitative estimate of drug-likeness (QED) is 0.632. The zero-order valence-corrected chi connectivity index (χ0v) is 15.7. The Morgan fingerprint density at radius 3 is 2.38 bits per heavy atom. The normalized spacial score (nSPS) is 12.3. The Morgan fingerprint density at radius 2 is 1.73 bits per heavy atom. The fraction of sp³-hybridized carbons (Fsp3) is 0.381. The van der Waals surface area contributed by atoms with Gasteiger partial charge in [-0.25, -0.2) is 9.13 Å². The number of ether oxygens (including phenoxy) is 2. The molecule has 0 unspecified atom stereocenters. The van der Waals surface area contributed by atoms with E-state index in [0.717, 1.165) is 30.0 Å². The number of aromatic nitrogens is 2. The third-order valence-electron chi connectivity index (χ3n) is 4.61. The van der Waals surface area contributed by atoms with E-state index in [2.05, 4.69) is 41.2 Å². The zero-order valence-electron chi connectivity index (χ0n) is 15.7. The topological polar surface area (TPSA) is 47.5 Å². The molecular weight excluding hydrogens is 328 g/mol. The molecular formula is C21H27N2O3+. The van der Waals surface area contributed by atoms with E-state index in [-0.39, 0.29) is 6.61 Å². The minimum absolute atomic E-state index is 0.244. The van der Waals surface area contributed by atoms with Crippen LogP contribution in [0.4, 0.5) is 0 Å². The number of fused-ring (bicyclic) bond motifs is 1. The summed E-state index contributed by atoms with van der Waals surface area (Å²) in [5.41, 5.74) is 2.35. The summed E-state index contributed by atoms with van der Waals surface area (Å²) in [6, 6.07) is 15.7. The molecule has 0 aliphatic carbocycles. The third-order valence-corrected chi connectivity index (χ3v) is 4.61. The number of methoxy groups -OCH3 is 1. The number of aliphatic hydroxyl groups excluding tert-OH is 1. The predicted octanol–water partition coefficient (Wildman–Crippen LogP) is 2.96. The third kappa shape index (κ3) is 3.68.